The maximum atomic E-state index is 12.5. The Balaban J connectivity index is 2.27. The summed E-state index contributed by atoms with van der Waals surface area (Å²) in [7, 11) is 0. The number of nitrogens with zero attached hydrogens (tertiary/aromatic N) is 2. The molecule has 0 aliphatic carbocycles. The van der Waals surface area contributed by atoms with E-state index in [4.69, 9.17) is 0 Å². The van der Waals surface area contributed by atoms with Crippen molar-refractivity contribution in [3.05, 3.63) is 38.3 Å². The van der Waals surface area contributed by atoms with E-state index in [2.05, 4.69) is 15.9 Å². The lowest BCUT2D eigenvalue weighted by Gasteiger charge is -2.15. The van der Waals surface area contributed by atoms with Crippen molar-refractivity contribution in [3.63, 3.8) is 0 Å². The largest absolute Gasteiger partial charge is 0.284 e. The summed E-state index contributed by atoms with van der Waals surface area (Å²) in [6, 6.07) is 4.24. The molecule has 6 nitrogen and oxygen atoms in total. The molecule has 1 aliphatic rings. The van der Waals surface area contributed by atoms with Crippen LogP contribution >= 0.6 is 15.9 Å². The molecule has 7 heteroatoms. The molecule has 0 radical (unpaired) electrons. The van der Waals surface area contributed by atoms with Crippen molar-refractivity contribution in [2.24, 2.45) is 5.92 Å². The minimum atomic E-state index is -0.563. The molecule has 112 valence electrons. The van der Waals surface area contributed by atoms with Gasteiger partial charge < -0.3 is 0 Å². The average molecular weight is 355 g/mol. The van der Waals surface area contributed by atoms with Crippen molar-refractivity contribution in [2.75, 3.05) is 6.54 Å². The summed E-state index contributed by atoms with van der Waals surface area (Å²) in [4.78, 5) is 36.0. The number of rotatable bonds is 4. The number of benzene rings is 1. The van der Waals surface area contributed by atoms with Crippen LogP contribution in [0.2, 0.25) is 0 Å². The van der Waals surface area contributed by atoms with E-state index in [1.165, 1.54) is 23.1 Å². The van der Waals surface area contributed by atoms with Gasteiger partial charge in [-0.05, 0) is 34.3 Å². The number of halogens is 1. The molecule has 0 N–H and O–H groups in total. The van der Waals surface area contributed by atoms with E-state index in [1.54, 1.807) is 0 Å². The number of nitro benzene ring substituents is 1. The van der Waals surface area contributed by atoms with Gasteiger partial charge in [0.2, 0.25) is 5.91 Å². The smallest absolute Gasteiger partial charge is 0.278 e. The fourth-order valence-corrected chi connectivity index (χ4v) is 3.13. The number of carbonyl (C=O) groups is 2. The van der Waals surface area contributed by atoms with Gasteiger partial charge >= 0.3 is 0 Å². The first-order valence-corrected chi connectivity index (χ1v) is 7.52. The number of carbonyl (C=O) groups excluding carboxylic acids is 2. The van der Waals surface area contributed by atoms with Gasteiger partial charge in [0.1, 0.15) is 4.47 Å². The van der Waals surface area contributed by atoms with Gasteiger partial charge in [0.05, 0.1) is 10.5 Å². The number of likely N-dealkylation sites (tertiary alicyclic amines) is 1. The number of imide groups is 1. The molecule has 1 fully saturated rings. The lowest BCUT2D eigenvalue weighted by molar-refractivity contribution is -0.385. The van der Waals surface area contributed by atoms with Gasteiger partial charge in [0.25, 0.3) is 11.6 Å². The SMILES string of the molecule is CCCC1CC(=O)N(C(=O)c2cccc([N+](=O)[O-])c2Br)C1. The van der Waals surface area contributed by atoms with Crippen molar-refractivity contribution in [1.82, 2.24) is 4.90 Å². The molecule has 0 spiro atoms. The quantitative estimate of drug-likeness (QED) is 0.472. The molecule has 0 saturated carbocycles. The third-order valence-electron chi connectivity index (χ3n) is 3.55. The second-order valence-electron chi connectivity index (χ2n) is 5.06. The van der Waals surface area contributed by atoms with Crippen LogP contribution in [0.25, 0.3) is 0 Å². The molecular formula is C14H15BrN2O4. The molecular weight excluding hydrogens is 340 g/mol. The first kappa shape index (κ1) is 15.6. The first-order valence-electron chi connectivity index (χ1n) is 6.73. The summed E-state index contributed by atoms with van der Waals surface area (Å²) in [6.07, 6.45) is 2.22. The molecule has 1 aliphatic heterocycles. The lowest BCUT2D eigenvalue weighted by atomic mass is 10.0. The zero-order chi connectivity index (χ0) is 15.6. The fourth-order valence-electron chi connectivity index (χ4n) is 2.55. The highest BCUT2D eigenvalue weighted by Crippen LogP contribution is 2.31. The topological polar surface area (TPSA) is 80.5 Å². The van der Waals surface area contributed by atoms with Crippen LogP contribution in [0.15, 0.2) is 22.7 Å². The van der Waals surface area contributed by atoms with E-state index in [0.29, 0.717) is 13.0 Å². The van der Waals surface area contributed by atoms with Crippen molar-refractivity contribution in [2.45, 2.75) is 26.2 Å². The van der Waals surface area contributed by atoms with Gasteiger partial charge in [-0.1, -0.05) is 19.4 Å². The Morgan fingerprint density at radius 3 is 2.86 bits per heavy atom. The maximum Gasteiger partial charge on any atom is 0.284 e. The highest BCUT2D eigenvalue weighted by atomic mass is 79.9. The van der Waals surface area contributed by atoms with Gasteiger partial charge in [0, 0.05) is 19.0 Å². The van der Waals surface area contributed by atoms with E-state index in [-0.39, 0.29) is 27.5 Å². The van der Waals surface area contributed by atoms with E-state index < -0.39 is 10.8 Å². The van der Waals surface area contributed by atoms with E-state index in [1.807, 2.05) is 6.92 Å². The van der Waals surface area contributed by atoms with Crippen molar-refractivity contribution in [3.8, 4) is 0 Å². The molecule has 1 atom stereocenters. The Kier molecular flexibility index (Phi) is 4.72. The Hall–Kier alpha value is -1.76. The summed E-state index contributed by atoms with van der Waals surface area (Å²) < 4.78 is 0.117. The monoisotopic (exact) mass is 354 g/mol. The Bertz CT molecular complexity index is 603. The number of hydrogen-bond donors (Lipinski definition) is 0. The minimum absolute atomic E-state index is 0.117. The standard InChI is InChI=1S/C14H15BrN2O4/c1-2-4-9-7-12(18)16(8-9)14(19)10-5-3-6-11(13(10)15)17(20)21/h3,5-6,9H,2,4,7-8H2,1H3. The summed E-state index contributed by atoms with van der Waals surface area (Å²) in [5, 5.41) is 10.9. The third-order valence-corrected chi connectivity index (χ3v) is 4.39. The average Bonchev–Trinajstić information content (AvgIpc) is 2.79. The molecule has 2 amide bonds. The number of nitro groups is 1. The lowest BCUT2D eigenvalue weighted by Crippen LogP contribution is -2.32. The second-order valence-corrected chi connectivity index (χ2v) is 5.86. The van der Waals surface area contributed by atoms with Crippen molar-refractivity contribution in [1.29, 1.82) is 0 Å². The molecule has 2 rings (SSSR count). The van der Waals surface area contributed by atoms with E-state index >= 15 is 0 Å². The van der Waals surface area contributed by atoms with Crippen LogP contribution in [0.4, 0.5) is 5.69 Å². The minimum Gasteiger partial charge on any atom is -0.278 e. The third kappa shape index (κ3) is 3.12. The Labute approximate surface area is 130 Å². The number of amides is 2. The molecule has 1 aromatic carbocycles. The van der Waals surface area contributed by atoms with Gasteiger partial charge in [-0.3, -0.25) is 24.6 Å². The molecule has 0 bridgehead atoms. The molecule has 21 heavy (non-hydrogen) atoms. The maximum absolute atomic E-state index is 12.5. The van der Waals surface area contributed by atoms with Crippen LogP contribution in [0.1, 0.15) is 36.5 Å². The van der Waals surface area contributed by atoms with Crippen LogP contribution in [0, 0.1) is 16.0 Å². The zero-order valence-electron chi connectivity index (χ0n) is 11.5. The first-order chi connectivity index (χ1) is 9.95. The van der Waals surface area contributed by atoms with Gasteiger partial charge in [-0.15, -0.1) is 0 Å². The van der Waals surface area contributed by atoms with E-state index in [0.717, 1.165) is 12.8 Å². The Morgan fingerprint density at radius 1 is 1.52 bits per heavy atom. The van der Waals surface area contributed by atoms with Crippen LogP contribution < -0.4 is 0 Å². The van der Waals surface area contributed by atoms with Crippen LogP contribution in [-0.4, -0.2) is 28.2 Å². The summed E-state index contributed by atoms with van der Waals surface area (Å²) >= 11 is 3.09. The van der Waals surface area contributed by atoms with Crippen molar-refractivity contribution >= 4 is 33.4 Å². The molecule has 1 saturated heterocycles. The van der Waals surface area contributed by atoms with Gasteiger partial charge in [0.15, 0.2) is 0 Å². The van der Waals surface area contributed by atoms with Crippen LogP contribution in [-0.2, 0) is 4.79 Å². The molecule has 1 heterocycles. The van der Waals surface area contributed by atoms with Crippen molar-refractivity contribution < 1.29 is 14.5 Å². The predicted octanol–water partition coefficient (Wildman–Crippen LogP) is 3.15. The highest BCUT2D eigenvalue weighted by Gasteiger charge is 2.35. The second kappa shape index (κ2) is 6.34. The molecule has 0 aromatic heterocycles. The predicted molar refractivity (Wildman–Crippen MR) is 79.9 cm³/mol. The van der Waals surface area contributed by atoms with Gasteiger partial charge in [-0.25, -0.2) is 0 Å². The van der Waals surface area contributed by atoms with Crippen LogP contribution in [0.3, 0.4) is 0 Å². The highest BCUT2D eigenvalue weighted by molar-refractivity contribution is 9.10. The summed E-state index contributed by atoms with van der Waals surface area (Å²) in [6.45, 7) is 2.42. The zero-order valence-corrected chi connectivity index (χ0v) is 13.1. The van der Waals surface area contributed by atoms with Crippen LogP contribution in [0.5, 0.6) is 0 Å². The normalized spacial score (nSPS) is 18.1. The summed E-state index contributed by atoms with van der Waals surface area (Å²) in [5.74, 6) is -0.505. The summed E-state index contributed by atoms with van der Waals surface area (Å²) in [5.41, 5.74) is -0.0349. The van der Waals surface area contributed by atoms with Gasteiger partial charge in [-0.2, -0.15) is 0 Å². The number of hydrogen-bond acceptors (Lipinski definition) is 4. The Morgan fingerprint density at radius 2 is 2.24 bits per heavy atom. The molecule has 1 unspecified atom stereocenters. The molecule has 1 aromatic rings. The van der Waals surface area contributed by atoms with E-state index in [9.17, 15) is 19.7 Å². The fraction of sp³-hybridized carbons (Fsp3) is 0.429.